The molecule has 3 aromatic carbocycles. The Balaban J connectivity index is 1.58. The maximum Gasteiger partial charge on any atom is 0.144 e. The summed E-state index contributed by atoms with van der Waals surface area (Å²) in [7, 11) is 0. The van der Waals surface area contributed by atoms with Gasteiger partial charge in [0.15, 0.2) is 0 Å². The average Bonchev–Trinajstić information content (AvgIpc) is 3.45. The van der Waals surface area contributed by atoms with Gasteiger partial charge in [-0.2, -0.15) is 0 Å². The van der Waals surface area contributed by atoms with E-state index < -0.39 is 0 Å². The molecule has 0 aliphatic rings. The van der Waals surface area contributed by atoms with Crippen molar-refractivity contribution in [1.82, 2.24) is 19.4 Å². The normalized spacial score (nSPS) is 11.6. The Hall–Kier alpha value is -3.26. The molecular weight excluding hydrogens is 608 g/mol. The second-order valence-electron chi connectivity index (χ2n) is 11.9. The number of benzene rings is 3. The Morgan fingerprint density at radius 3 is 2.04 bits per heavy atom. The summed E-state index contributed by atoms with van der Waals surface area (Å²) in [6, 6.07) is 20.4. The predicted octanol–water partition coefficient (Wildman–Crippen LogP) is 9.00. The predicted molar refractivity (Wildman–Crippen MR) is 197 cm³/mol. The SMILES string of the molecule is CCCCn1c(-c2ccc(OCCc3cccc(Cl)c3)cc2OCCCN(CC)CC)nc2ccc(OCCCN(CC)CC)cc21. The van der Waals surface area contributed by atoms with Crippen molar-refractivity contribution < 1.29 is 14.2 Å². The van der Waals surface area contributed by atoms with E-state index in [-0.39, 0.29) is 0 Å². The number of hydrogen-bond donors (Lipinski definition) is 0. The summed E-state index contributed by atoms with van der Waals surface area (Å²) >= 11 is 6.19. The molecule has 0 bridgehead atoms. The molecule has 0 spiro atoms. The second-order valence-corrected chi connectivity index (χ2v) is 12.4. The molecule has 47 heavy (non-hydrogen) atoms. The first-order valence-corrected chi connectivity index (χ1v) is 18.1. The number of unbranched alkanes of at least 4 members (excludes halogenated alkanes) is 1. The summed E-state index contributed by atoms with van der Waals surface area (Å²) in [6.07, 6.45) is 4.87. The van der Waals surface area contributed by atoms with Gasteiger partial charge in [0.05, 0.1) is 36.4 Å². The summed E-state index contributed by atoms with van der Waals surface area (Å²) in [5.74, 6) is 3.38. The van der Waals surface area contributed by atoms with E-state index >= 15 is 0 Å². The third-order valence-corrected chi connectivity index (χ3v) is 8.99. The zero-order valence-electron chi connectivity index (χ0n) is 29.3. The van der Waals surface area contributed by atoms with Crippen molar-refractivity contribution >= 4 is 22.6 Å². The zero-order chi connectivity index (χ0) is 33.4. The number of hydrogen-bond acceptors (Lipinski definition) is 6. The molecule has 0 unspecified atom stereocenters. The number of aryl methyl sites for hydroxylation is 1. The Labute approximate surface area is 287 Å². The number of nitrogens with zero attached hydrogens (tertiary/aromatic N) is 4. The summed E-state index contributed by atoms with van der Waals surface area (Å²) < 4.78 is 21.3. The molecule has 0 aliphatic carbocycles. The molecule has 4 rings (SSSR count). The van der Waals surface area contributed by atoms with Crippen molar-refractivity contribution in [2.45, 2.75) is 73.3 Å². The number of rotatable bonds is 22. The molecule has 0 radical (unpaired) electrons. The Morgan fingerprint density at radius 2 is 1.36 bits per heavy atom. The van der Waals surface area contributed by atoms with Gasteiger partial charge in [0.1, 0.15) is 23.1 Å². The molecule has 0 saturated carbocycles. The Morgan fingerprint density at radius 1 is 0.702 bits per heavy atom. The summed E-state index contributed by atoms with van der Waals surface area (Å²) in [4.78, 5) is 10.0. The van der Waals surface area contributed by atoms with Crippen LogP contribution >= 0.6 is 11.6 Å². The average molecular weight is 663 g/mol. The molecule has 4 aromatic rings. The lowest BCUT2D eigenvalue weighted by atomic mass is 10.1. The van der Waals surface area contributed by atoms with Crippen LogP contribution in [0.15, 0.2) is 60.7 Å². The first-order chi connectivity index (χ1) is 23.0. The molecule has 8 heteroatoms. The fourth-order valence-electron chi connectivity index (χ4n) is 5.84. The van der Waals surface area contributed by atoms with E-state index in [2.05, 4.69) is 73.3 Å². The van der Waals surface area contributed by atoms with Crippen LogP contribution in [-0.2, 0) is 13.0 Å². The molecule has 7 nitrogen and oxygen atoms in total. The molecule has 1 heterocycles. The van der Waals surface area contributed by atoms with Crippen LogP contribution in [0.4, 0.5) is 0 Å². The Bertz CT molecular complexity index is 1500. The summed E-state index contributed by atoms with van der Waals surface area (Å²) in [6.45, 7) is 20.1. The van der Waals surface area contributed by atoms with Gasteiger partial charge in [0, 0.05) is 43.2 Å². The van der Waals surface area contributed by atoms with Gasteiger partial charge >= 0.3 is 0 Å². The molecule has 0 amide bonds. The topological polar surface area (TPSA) is 52.0 Å². The molecule has 0 fully saturated rings. The molecule has 256 valence electrons. The van der Waals surface area contributed by atoms with Gasteiger partial charge in [0.2, 0.25) is 0 Å². The van der Waals surface area contributed by atoms with E-state index in [1.165, 1.54) is 0 Å². The standard InChI is InChI=1S/C39H55ClN4O3/c1-6-11-24-44-37-29-33(45-25-13-22-42(7-2)8-3)18-20-36(37)41-39(44)35-19-17-34(46-27-21-31-15-12-16-32(40)28-31)30-38(35)47-26-14-23-43(9-4)10-5/h12,15-20,28-30H,6-11,13-14,21-27H2,1-5H3. The van der Waals surface area contributed by atoms with Gasteiger partial charge in [-0.15, -0.1) is 0 Å². The van der Waals surface area contributed by atoms with Crippen molar-refractivity contribution in [2.75, 3.05) is 59.1 Å². The lowest BCUT2D eigenvalue weighted by molar-refractivity contribution is 0.248. The molecule has 0 N–H and O–H groups in total. The van der Waals surface area contributed by atoms with Gasteiger partial charge in [-0.1, -0.05) is 64.8 Å². The second kappa shape index (κ2) is 19.5. The minimum absolute atomic E-state index is 0.549. The van der Waals surface area contributed by atoms with Crippen LogP contribution in [0, 0.1) is 0 Å². The van der Waals surface area contributed by atoms with Crippen LogP contribution in [-0.4, -0.2) is 78.4 Å². The number of ether oxygens (including phenoxy) is 3. The smallest absolute Gasteiger partial charge is 0.144 e. The minimum atomic E-state index is 0.549. The van der Waals surface area contributed by atoms with E-state index in [0.717, 1.165) is 128 Å². The highest BCUT2D eigenvalue weighted by Crippen LogP contribution is 2.36. The van der Waals surface area contributed by atoms with E-state index in [9.17, 15) is 0 Å². The lowest BCUT2D eigenvalue weighted by Gasteiger charge is -2.19. The van der Waals surface area contributed by atoms with Crippen molar-refractivity contribution in [3.63, 3.8) is 0 Å². The van der Waals surface area contributed by atoms with Gasteiger partial charge in [0.25, 0.3) is 0 Å². The van der Waals surface area contributed by atoms with Crippen LogP contribution in [0.3, 0.4) is 0 Å². The van der Waals surface area contributed by atoms with E-state index in [0.29, 0.717) is 19.8 Å². The van der Waals surface area contributed by atoms with Crippen molar-refractivity contribution in [3.05, 3.63) is 71.2 Å². The van der Waals surface area contributed by atoms with Crippen LogP contribution in [0.2, 0.25) is 5.02 Å². The van der Waals surface area contributed by atoms with Crippen LogP contribution < -0.4 is 14.2 Å². The van der Waals surface area contributed by atoms with Crippen LogP contribution in [0.25, 0.3) is 22.4 Å². The van der Waals surface area contributed by atoms with E-state index in [1.807, 2.05) is 36.4 Å². The van der Waals surface area contributed by atoms with Crippen molar-refractivity contribution in [3.8, 4) is 28.6 Å². The number of fused-ring (bicyclic) bond motifs is 1. The zero-order valence-corrected chi connectivity index (χ0v) is 30.0. The van der Waals surface area contributed by atoms with E-state index in [1.54, 1.807) is 0 Å². The number of halogens is 1. The molecule has 0 atom stereocenters. The molecule has 0 aliphatic heterocycles. The molecule has 0 saturated heterocycles. The van der Waals surface area contributed by atoms with Gasteiger partial charge < -0.3 is 28.6 Å². The maximum absolute atomic E-state index is 6.53. The van der Waals surface area contributed by atoms with Crippen LogP contribution in [0.5, 0.6) is 17.2 Å². The first-order valence-electron chi connectivity index (χ1n) is 17.7. The highest BCUT2D eigenvalue weighted by atomic mass is 35.5. The lowest BCUT2D eigenvalue weighted by Crippen LogP contribution is -2.25. The largest absolute Gasteiger partial charge is 0.493 e. The minimum Gasteiger partial charge on any atom is -0.493 e. The highest BCUT2D eigenvalue weighted by molar-refractivity contribution is 6.30. The Kier molecular flexibility index (Phi) is 15.2. The quantitative estimate of drug-likeness (QED) is 0.0783. The molecular formula is C39H55ClN4O3. The number of imidazole rings is 1. The third-order valence-electron chi connectivity index (χ3n) is 8.75. The van der Waals surface area contributed by atoms with Gasteiger partial charge in [-0.05, 0) is 87.4 Å². The highest BCUT2D eigenvalue weighted by Gasteiger charge is 2.18. The fourth-order valence-corrected chi connectivity index (χ4v) is 6.06. The fraction of sp³-hybridized carbons (Fsp3) is 0.513. The summed E-state index contributed by atoms with van der Waals surface area (Å²) in [5.41, 5.74) is 4.17. The monoisotopic (exact) mass is 662 g/mol. The number of aromatic nitrogens is 2. The maximum atomic E-state index is 6.53. The molecule has 1 aromatic heterocycles. The summed E-state index contributed by atoms with van der Waals surface area (Å²) in [5, 5.41) is 0.743. The third kappa shape index (κ3) is 10.9. The van der Waals surface area contributed by atoms with Gasteiger partial charge in [-0.3, -0.25) is 0 Å². The van der Waals surface area contributed by atoms with E-state index in [4.69, 9.17) is 30.8 Å². The van der Waals surface area contributed by atoms with Crippen LogP contribution in [0.1, 0.15) is 65.9 Å². The van der Waals surface area contributed by atoms with Crippen molar-refractivity contribution in [1.29, 1.82) is 0 Å². The van der Waals surface area contributed by atoms with Gasteiger partial charge in [-0.25, -0.2) is 4.98 Å². The van der Waals surface area contributed by atoms with Crippen molar-refractivity contribution in [2.24, 2.45) is 0 Å². The first kappa shape index (κ1) is 36.6.